The van der Waals surface area contributed by atoms with Crippen LogP contribution in [0.5, 0.6) is 0 Å². The van der Waals surface area contributed by atoms with E-state index < -0.39 is 85.5 Å². The summed E-state index contributed by atoms with van der Waals surface area (Å²) in [6.07, 6.45) is -9.56. The fourth-order valence-corrected chi connectivity index (χ4v) is 4.51. The minimum atomic E-state index is -2.52. The van der Waals surface area contributed by atoms with Gasteiger partial charge in [0.05, 0.1) is 24.4 Å². The zero-order valence-corrected chi connectivity index (χ0v) is 12.0. The molecule has 3 saturated carbocycles. The van der Waals surface area contributed by atoms with Crippen molar-refractivity contribution < 1.29 is 39.4 Å². The van der Waals surface area contributed by atoms with Crippen molar-refractivity contribution in [3.05, 3.63) is 0 Å². The van der Waals surface area contributed by atoms with Gasteiger partial charge in [-0.3, -0.25) is 0 Å². The highest BCUT2D eigenvalue weighted by atomic mass is 19.2. The minimum absolute atomic E-state index is 0.526. The van der Waals surface area contributed by atoms with Crippen molar-refractivity contribution in [3.63, 3.8) is 0 Å². The molecule has 0 aliphatic heterocycles. The molecule has 0 aromatic rings. The van der Waals surface area contributed by atoms with Crippen molar-refractivity contribution in [2.45, 2.75) is 85.5 Å². The van der Waals surface area contributed by atoms with E-state index in [1.165, 1.54) is 0 Å². The Hall–Kier alpha value is -0.380. The predicted molar refractivity (Wildman–Crippen MR) is 69.3 cm³/mol. The van der Waals surface area contributed by atoms with Gasteiger partial charge in [-0.15, -0.1) is 0 Å². The number of hydrogen-bond donors (Lipinski definition) is 6. The van der Waals surface area contributed by atoms with Gasteiger partial charge in [-0.25, -0.2) is 8.78 Å². The third-order valence-electron chi connectivity index (χ3n) is 5.86. The van der Waals surface area contributed by atoms with Crippen molar-refractivity contribution >= 4 is 0 Å². The number of rotatable bonds is 0. The van der Waals surface area contributed by atoms with Crippen LogP contribution in [0.25, 0.3) is 0 Å². The lowest BCUT2D eigenvalue weighted by atomic mass is 9.51. The summed E-state index contributed by atoms with van der Waals surface area (Å²) in [5.41, 5.74) is -9.43. The van der Waals surface area contributed by atoms with Crippen LogP contribution in [0.15, 0.2) is 0 Å². The predicted octanol–water partition coefficient (Wildman–Crippen LogP) is -1.31. The molecule has 0 amide bonds. The molecule has 3 rings (SSSR count). The van der Waals surface area contributed by atoms with Crippen LogP contribution in [0.3, 0.4) is 0 Å². The van der Waals surface area contributed by atoms with Gasteiger partial charge in [0.15, 0.2) is 0 Å². The Morgan fingerprint density at radius 2 is 0.909 bits per heavy atom. The van der Waals surface area contributed by atoms with Gasteiger partial charge in [0, 0.05) is 38.5 Å². The molecule has 0 radical (unpaired) electrons. The van der Waals surface area contributed by atoms with Gasteiger partial charge in [-0.2, -0.15) is 0 Å². The van der Waals surface area contributed by atoms with E-state index in [2.05, 4.69) is 0 Å². The smallest absolute Gasteiger partial charge is 0.145 e. The fraction of sp³-hybridized carbons (Fsp3) is 1.00. The third kappa shape index (κ3) is 2.05. The van der Waals surface area contributed by atoms with E-state index in [-0.39, 0.29) is 0 Å². The maximum absolute atomic E-state index is 15.2. The van der Waals surface area contributed by atoms with E-state index in [1.807, 2.05) is 0 Å². The molecule has 8 heteroatoms. The molecular formula is C14H22F2O6. The van der Waals surface area contributed by atoms with E-state index in [0.29, 0.717) is 0 Å². The number of aliphatic hydroxyl groups is 6. The van der Waals surface area contributed by atoms with Crippen molar-refractivity contribution in [2.75, 3.05) is 0 Å². The van der Waals surface area contributed by atoms with Gasteiger partial charge < -0.3 is 30.6 Å². The molecular weight excluding hydrogens is 302 g/mol. The molecule has 128 valence electrons. The number of fused-ring (bicyclic) bond motifs is 2. The van der Waals surface area contributed by atoms with Crippen molar-refractivity contribution in [2.24, 2.45) is 0 Å². The first-order valence-corrected chi connectivity index (χ1v) is 7.49. The van der Waals surface area contributed by atoms with Crippen molar-refractivity contribution in [3.8, 4) is 0 Å². The zero-order valence-electron chi connectivity index (χ0n) is 12.0. The van der Waals surface area contributed by atoms with Crippen LogP contribution in [0, 0.1) is 0 Å². The first-order valence-electron chi connectivity index (χ1n) is 7.49. The second kappa shape index (κ2) is 4.58. The Balaban J connectivity index is 1.99. The second-order valence-corrected chi connectivity index (χ2v) is 7.43. The molecule has 8 unspecified atom stereocenters. The second-order valence-electron chi connectivity index (χ2n) is 7.43. The Morgan fingerprint density at radius 3 is 1.27 bits per heavy atom. The van der Waals surface area contributed by atoms with Gasteiger partial charge >= 0.3 is 0 Å². The number of hydrogen-bond acceptors (Lipinski definition) is 6. The van der Waals surface area contributed by atoms with E-state index >= 15 is 8.78 Å². The van der Waals surface area contributed by atoms with Gasteiger partial charge in [0.2, 0.25) is 0 Å². The fourth-order valence-electron chi connectivity index (χ4n) is 4.51. The van der Waals surface area contributed by atoms with Crippen LogP contribution in [0.2, 0.25) is 0 Å². The molecule has 0 aromatic heterocycles. The summed E-state index contributed by atoms with van der Waals surface area (Å²) in [6.45, 7) is 0. The monoisotopic (exact) mass is 324 g/mol. The van der Waals surface area contributed by atoms with E-state index in [0.717, 1.165) is 0 Å². The molecule has 0 spiro atoms. The Morgan fingerprint density at radius 1 is 0.591 bits per heavy atom. The van der Waals surface area contributed by atoms with Crippen LogP contribution in [-0.2, 0) is 0 Å². The summed E-state index contributed by atoms with van der Waals surface area (Å²) in [7, 11) is 0. The van der Waals surface area contributed by atoms with Crippen LogP contribution < -0.4 is 0 Å². The first kappa shape index (κ1) is 16.5. The number of aliphatic hydroxyl groups excluding tert-OH is 4. The Labute approximate surface area is 126 Å². The van der Waals surface area contributed by atoms with Crippen LogP contribution in [0.1, 0.15) is 38.5 Å². The summed E-state index contributed by atoms with van der Waals surface area (Å²) in [5, 5.41) is 59.9. The molecule has 0 bridgehead atoms. The number of alkyl halides is 2. The van der Waals surface area contributed by atoms with Gasteiger partial charge in [-0.05, 0) is 0 Å². The molecule has 0 heterocycles. The normalized spacial score (nSPS) is 62.2. The maximum atomic E-state index is 15.2. The highest BCUT2D eigenvalue weighted by Gasteiger charge is 2.73. The molecule has 6 nitrogen and oxygen atoms in total. The van der Waals surface area contributed by atoms with Crippen LogP contribution in [0.4, 0.5) is 8.78 Å². The Kier molecular flexibility index (Phi) is 3.43. The van der Waals surface area contributed by atoms with Crippen molar-refractivity contribution in [1.29, 1.82) is 0 Å². The molecule has 0 aromatic carbocycles. The molecule has 3 aliphatic rings. The average Bonchev–Trinajstić information content (AvgIpc) is 2.33. The standard InChI is InChI=1S/C14H22F2O6/c15-11-1-7(17)9(19)3-13(11,21)6-14(22)4-10(20)8(18)2-12(14,16)5-11/h7-10,17-22H,1-6H2. The minimum Gasteiger partial charge on any atom is -0.390 e. The number of halogens is 2. The average molecular weight is 324 g/mol. The molecule has 3 fully saturated rings. The van der Waals surface area contributed by atoms with Gasteiger partial charge in [-0.1, -0.05) is 0 Å². The maximum Gasteiger partial charge on any atom is 0.145 e. The SMILES string of the molecule is OC1CC2(O)CC3(O)CC(O)C(O)CC3(F)CC2(F)CC1O. The summed E-state index contributed by atoms with van der Waals surface area (Å²) in [4.78, 5) is 0. The lowest BCUT2D eigenvalue weighted by Gasteiger charge is -2.62. The van der Waals surface area contributed by atoms with Gasteiger partial charge in [0.1, 0.15) is 22.5 Å². The van der Waals surface area contributed by atoms with E-state index in [1.54, 1.807) is 0 Å². The zero-order chi connectivity index (χ0) is 16.6. The van der Waals surface area contributed by atoms with Crippen LogP contribution in [-0.4, -0.2) is 77.6 Å². The summed E-state index contributed by atoms with van der Waals surface area (Å²) >= 11 is 0. The van der Waals surface area contributed by atoms with E-state index in [4.69, 9.17) is 0 Å². The molecule has 22 heavy (non-hydrogen) atoms. The topological polar surface area (TPSA) is 121 Å². The summed E-state index contributed by atoms with van der Waals surface area (Å²) in [6, 6.07) is 0. The molecule has 3 aliphatic carbocycles. The van der Waals surface area contributed by atoms with Gasteiger partial charge in [0.25, 0.3) is 0 Å². The lowest BCUT2D eigenvalue weighted by Crippen LogP contribution is -2.75. The molecule has 0 saturated heterocycles. The Bertz CT molecular complexity index is 398. The highest BCUT2D eigenvalue weighted by Crippen LogP contribution is 2.60. The largest absolute Gasteiger partial charge is 0.390 e. The molecule has 6 N–H and O–H groups in total. The van der Waals surface area contributed by atoms with Crippen molar-refractivity contribution in [1.82, 2.24) is 0 Å². The summed E-state index contributed by atoms with van der Waals surface area (Å²) in [5.74, 6) is 0. The third-order valence-corrected chi connectivity index (χ3v) is 5.86. The molecule has 8 atom stereocenters. The lowest BCUT2D eigenvalue weighted by molar-refractivity contribution is -0.301. The summed E-state index contributed by atoms with van der Waals surface area (Å²) < 4.78 is 30.4. The first-order chi connectivity index (χ1) is 9.94. The quantitative estimate of drug-likeness (QED) is 0.329. The van der Waals surface area contributed by atoms with Crippen LogP contribution >= 0.6 is 0 Å². The van der Waals surface area contributed by atoms with E-state index in [9.17, 15) is 30.6 Å². The highest BCUT2D eigenvalue weighted by molar-refractivity contribution is 5.23.